The molecule has 0 bridgehead atoms. The van der Waals surface area contributed by atoms with Gasteiger partial charge in [-0.15, -0.1) is 0 Å². The fourth-order valence-electron chi connectivity index (χ4n) is 2.84. The summed E-state index contributed by atoms with van der Waals surface area (Å²) in [5.74, 6) is -2.96. The number of benzene rings is 1. The molecule has 2 rings (SSSR count). The molecular weight excluding hydrogens is 368 g/mol. The largest absolute Gasteiger partial charge is 0.469 e. The molecule has 0 saturated carbocycles. The molecule has 1 aliphatic heterocycles. The van der Waals surface area contributed by atoms with Gasteiger partial charge in [-0.25, -0.2) is 8.42 Å². The van der Waals surface area contributed by atoms with Crippen molar-refractivity contribution in [3.63, 3.8) is 0 Å². The van der Waals surface area contributed by atoms with Crippen LogP contribution >= 0.6 is 0 Å². The number of ether oxygens (including phenoxy) is 2. The van der Waals surface area contributed by atoms with E-state index in [9.17, 15) is 28.1 Å². The maximum absolute atomic E-state index is 12.9. The molecule has 0 N–H and O–H groups in total. The van der Waals surface area contributed by atoms with Crippen molar-refractivity contribution in [3.8, 4) is 0 Å². The Labute approximate surface area is 149 Å². The summed E-state index contributed by atoms with van der Waals surface area (Å²) in [5.41, 5.74) is -0.378. The Morgan fingerprint density at radius 2 is 1.69 bits per heavy atom. The minimum atomic E-state index is -4.15. The number of sulfonamides is 1. The van der Waals surface area contributed by atoms with Gasteiger partial charge in [0.05, 0.1) is 35.9 Å². The van der Waals surface area contributed by atoms with Gasteiger partial charge in [0.15, 0.2) is 0 Å². The van der Waals surface area contributed by atoms with E-state index >= 15 is 0 Å². The van der Waals surface area contributed by atoms with Crippen molar-refractivity contribution < 1.29 is 32.4 Å². The topological polar surface area (TPSA) is 133 Å². The Morgan fingerprint density at radius 3 is 2.15 bits per heavy atom. The molecule has 26 heavy (non-hydrogen) atoms. The van der Waals surface area contributed by atoms with Gasteiger partial charge < -0.3 is 9.47 Å². The highest BCUT2D eigenvalue weighted by atomic mass is 32.2. The molecule has 142 valence electrons. The number of hydrogen-bond donors (Lipinski definition) is 0. The number of nitrogens with zero attached hydrogens (tertiary/aromatic N) is 2. The zero-order chi connectivity index (χ0) is 19.5. The van der Waals surface area contributed by atoms with E-state index in [-0.39, 0.29) is 30.1 Å². The van der Waals surface area contributed by atoms with Crippen LogP contribution in [0, 0.1) is 22.0 Å². The van der Waals surface area contributed by atoms with Crippen LogP contribution in [0.1, 0.15) is 6.42 Å². The van der Waals surface area contributed by atoms with Crippen LogP contribution in [-0.2, 0) is 29.1 Å². The number of nitro groups is 1. The average molecular weight is 386 g/mol. The number of nitro benzene ring substituents is 1. The van der Waals surface area contributed by atoms with Gasteiger partial charge in [-0.05, 0) is 12.5 Å². The van der Waals surface area contributed by atoms with Gasteiger partial charge in [0, 0.05) is 25.2 Å². The lowest BCUT2D eigenvalue weighted by molar-refractivity contribution is -0.385. The third kappa shape index (κ3) is 3.99. The quantitative estimate of drug-likeness (QED) is 0.407. The minimum absolute atomic E-state index is 0.0975. The molecule has 0 aromatic heterocycles. The van der Waals surface area contributed by atoms with Crippen LogP contribution < -0.4 is 0 Å². The standard InChI is InChI=1S/C15H18N2O8S/c1-24-14(18)10-6-11(15(19)25-2)9-16(8-10)26(22,23)13-5-3-4-12(7-13)17(20)21/h3-5,7,10-11H,6,8-9H2,1-2H3. The highest BCUT2D eigenvalue weighted by Crippen LogP contribution is 2.29. The lowest BCUT2D eigenvalue weighted by Crippen LogP contribution is -2.48. The average Bonchev–Trinajstić information content (AvgIpc) is 2.66. The van der Waals surface area contributed by atoms with Crippen LogP contribution in [-0.4, -0.2) is 56.9 Å². The minimum Gasteiger partial charge on any atom is -0.469 e. The van der Waals surface area contributed by atoms with Crippen LogP contribution in [0.2, 0.25) is 0 Å². The Kier molecular flexibility index (Phi) is 5.93. The van der Waals surface area contributed by atoms with E-state index in [1.807, 2.05) is 0 Å². The van der Waals surface area contributed by atoms with Gasteiger partial charge in [-0.3, -0.25) is 19.7 Å². The first-order valence-electron chi connectivity index (χ1n) is 7.61. The van der Waals surface area contributed by atoms with Gasteiger partial charge in [0.1, 0.15) is 0 Å². The summed E-state index contributed by atoms with van der Waals surface area (Å²) in [4.78, 5) is 33.7. The van der Waals surface area contributed by atoms with Crippen molar-refractivity contribution in [2.45, 2.75) is 11.3 Å². The molecule has 0 radical (unpaired) electrons. The zero-order valence-electron chi connectivity index (χ0n) is 14.2. The number of non-ortho nitro benzene ring substituents is 1. The number of rotatable bonds is 5. The van der Waals surface area contributed by atoms with Crippen LogP contribution in [0.25, 0.3) is 0 Å². The van der Waals surface area contributed by atoms with Crippen LogP contribution in [0.4, 0.5) is 5.69 Å². The highest BCUT2D eigenvalue weighted by Gasteiger charge is 2.41. The number of methoxy groups -OCH3 is 2. The second kappa shape index (κ2) is 7.79. The van der Waals surface area contributed by atoms with Gasteiger partial charge in [-0.1, -0.05) is 6.07 Å². The summed E-state index contributed by atoms with van der Waals surface area (Å²) in [6.45, 7) is -0.379. The molecule has 1 heterocycles. The third-order valence-corrected chi connectivity index (χ3v) is 5.98. The number of piperidine rings is 1. The van der Waals surface area contributed by atoms with Gasteiger partial charge in [-0.2, -0.15) is 4.31 Å². The van der Waals surface area contributed by atoms with Crippen molar-refractivity contribution in [2.75, 3.05) is 27.3 Å². The van der Waals surface area contributed by atoms with Crippen LogP contribution in [0.5, 0.6) is 0 Å². The first-order valence-corrected chi connectivity index (χ1v) is 9.05. The van der Waals surface area contributed by atoms with E-state index < -0.39 is 38.7 Å². The first-order chi connectivity index (χ1) is 12.2. The second-order valence-corrected chi connectivity index (χ2v) is 7.69. The predicted molar refractivity (Wildman–Crippen MR) is 87.5 cm³/mol. The van der Waals surface area contributed by atoms with E-state index in [4.69, 9.17) is 0 Å². The maximum Gasteiger partial charge on any atom is 0.310 e. The number of carbonyl (C=O) groups is 2. The molecular formula is C15H18N2O8S. The van der Waals surface area contributed by atoms with Gasteiger partial charge in [0.2, 0.25) is 10.0 Å². The Balaban J connectivity index is 2.39. The summed E-state index contributed by atoms with van der Waals surface area (Å²) in [6, 6.07) is 4.58. The molecule has 1 saturated heterocycles. The third-order valence-electron chi connectivity index (χ3n) is 4.15. The fourth-order valence-corrected chi connectivity index (χ4v) is 4.41. The number of carbonyl (C=O) groups excluding carboxylic acids is 2. The van der Waals surface area contributed by atoms with E-state index in [0.29, 0.717) is 0 Å². The molecule has 0 amide bonds. The SMILES string of the molecule is COC(=O)C1CC(C(=O)OC)CN(S(=O)(=O)c2cccc([N+](=O)[O-])c2)C1. The molecule has 2 atom stereocenters. The summed E-state index contributed by atoms with van der Waals surface area (Å²) >= 11 is 0. The zero-order valence-corrected chi connectivity index (χ0v) is 15.0. The predicted octanol–water partition coefficient (Wildman–Crippen LogP) is 0.568. The van der Waals surface area contributed by atoms with Crippen molar-refractivity contribution in [1.29, 1.82) is 0 Å². The molecule has 1 aromatic carbocycles. The molecule has 2 unspecified atom stereocenters. The highest BCUT2D eigenvalue weighted by molar-refractivity contribution is 7.89. The number of hydrogen-bond acceptors (Lipinski definition) is 8. The summed E-state index contributed by atoms with van der Waals surface area (Å²) in [5, 5.41) is 10.9. The van der Waals surface area contributed by atoms with Crippen LogP contribution in [0.15, 0.2) is 29.2 Å². The molecule has 1 aliphatic rings. The Morgan fingerprint density at radius 1 is 1.15 bits per heavy atom. The second-order valence-electron chi connectivity index (χ2n) is 5.75. The lowest BCUT2D eigenvalue weighted by Gasteiger charge is -2.34. The van der Waals surface area contributed by atoms with Crippen molar-refractivity contribution >= 4 is 27.6 Å². The molecule has 1 fully saturated rings. The Hall–Kier alpha value is -2.53. The van der Waals surface area contributed by atoms with Gasteiger partial charge in [0.25, 0.3) is 5.69 Å². The number of esters is 2. The van der Waals surface area contributed by atoms with E-state index in [1.54, 1.807) is 0 Å². The van der Waals surface area contributed by atoms with E-state index in [1.165, 1.54) is 32.4 Å². The smallest absolute Gasteiger partial charge is 0.310 e. The molecule has 10 nitrogen and oxygen atoms in total. The molecule has 11 heteroatoms. The summed E-state index contributed by atoms with van der Waals surface area (Å²) < 4.78 is 36.0. The van der Waals surface area contributed by atoms with Crippen molar-refractivity contribution in [1.82, 2.24) is 4.31 Å². The summed E-state index contributed by atoms with van der Waals surface area (Å²) in [7, 11) is -1.81. The monoisotopic (exact) mass is 386 g/mol. The maximum atomic E-state index is 12.9. The summed E-state index contributed by atoms with van der Waals surface area (Å²) in [6.07, 6.45) is 0.0975. The van der Waals surface area contributed by atoms with Gasteiger partial charge >= 0.3 is 11.9 Å². The first kappa shape index (κ1) is 19.8. The normalized spacial score (nSPS) is 21.0. The van der Waals surface area contributed by atoms with Crippen LogP contribution in [0.3, 0.4) is 0 Å². The lowest BCUT2D eigenvalue weighted by atomic mass is 9.90. The molecule has 1 aromatic rings. The van der Waals surface area contributed by atoms with Crippen molar-refractivity contribution in [3.05, 3.63) is 34.4 Å². The van der Waals surface area contributed by atoms with E-state index in [0.717, 1.165) is 10.4 Å². The Bertz CT molecular complexity index is 799. The van der Waals surface area contributed by atoms with E-state index in [2.05, 4.69) is 9.47 Å². The van der Waals surface area contributed by atoms with Crippen molar-refractivity contribution in [2.24, 2.45) is 11.8 Å². The fraction of sp³-hybridized carbons (Fsp3) is 0.467. The molecule has 0 aliphatic carbocycles. The molecule has 0 spiro atoms.